The van der Waals surface area contributed by atoms with Crippen LogP contribution in [0.1, 0.15) is 17.7 Å². The summed E-state index contributed by atoms with van der Waals surface area (Å²) in [6.45, 7) is 3.91. The van der Waals surface area contributed by atoms with Gasteiger partial charge in [0.15, 0.2) is 11.5 Å². The summed E-state index contributed by atoms with van der Waals surface area (Å²) in [5.41, 5.74) is 7.98. The first kappa shape index (κ1) is 13.3. The molecule has 0 amide bonds. The van der Waals surface area contributed by atoms with Crippen molar-refractivity contribution in [3.8, 4) is 11.5 Å². The van der Waals surface area contributed by atoms with E-state index in [0.717, 1.165) is 33.6 Å². The maximum atomic E-state index is 6.01. The number of benzene rings is 1. The fraction of sp³-hybridized carbons (Fsp3) is 0.357. The summed E-state index contributed by atoms with van der Waals surface area (Å²) in [5.74, 6) is 2.23. The molecule has 3 rings (SSSR count). The number of aryl methyl sites for hydroxylation is 1. The summed E-state index contributed by atoms with van der Waals surface area (Å²) >= 11 is 3.43. The minimum atomic E-state index is 0.606. The standard InChI is InChI=1S/C14H16BrN3O2/c1-9-13(15)14(16)18(17-9)8-10-3-4-11-12(7-10)20-6-2-5-19-11/h3-4,7H,2,5-6,8,16H2,1H3. The van der Waals surface area contributed by atoms with Crippen molar-refractivity contribution in [2.75, 3.05) is 18.9 Å². The number of hydrogen-bond donors (Lipinski definition) is 1. The van der Waals surface area contributed by atoms with E-state index in [1.165, 1.54) is 0 Å². The van der Waals surface area contributed by atoms with Crippen molar-refractivity contribution in [1.82, 2.24) is 9.78 Å². The number of anilines is 1. The third-order valence-electron chi connectivity index (χ3n) is 3.24. The van der Waals surface area contributed by atoms with Gasteiger partial charge in [0.05, 0.1) is 29.9 Å². The van der Waals surface area contributed by atoms with Gasteiger partial charge in [-0.3, -0.25) is 0 Å². The highest BCUT2D eigenvalue weighted by Crippen LogP contribution is 2.31. The molecule has 0 spiro atoms. The van der Waals surface area contributed by atoms with Crippen LogP contribution in [-0.2, 0) is 6.54 Å². The summed E-state index contributed by atoms with van der Waals surface area (Å²) in [7, 11) is 0. The van der Waals surface area contributed by atoms with Crippen LogP contribution in [-0.4, -0.2) is 23.0 Å². The van der Waals surface area contributed by atoms with Crippen LogP contribution in [0.2, 0.25) is 0 Å². The number of nitrogens with two attached hydrogens (primary N) is 1. The van der Waals surface area contributed by atoms with Crippen molar-refractivity contribution in [3.05, 3.63) is 33.9 Å². The Hall–Kier alpha value is -1.69. The maximum Gasteiger partial charge on any atom is 0.161 e. The van der Waals surface area contributed by atoms with Gasteiger partial charge in [-0.1, -0.05) is 6.07 Å². The number of fused-ring (bicyclic) bond motifs is 1. The lowest BCUT2D eigenvalue weighted by Gasteiger charge is -2.10. The van der Waals surface area contributed by atoms with E-state index in [-0.39, 0.29) is 0 Å². The van der Waals surface area contributed by atoms with Gasteiger partial charge in [-0.2, -0.15) is 5.10 Å². The minimum Gasteiger partial charge on any atom is -0.490 e. The summed E-state index contributed by atoms with van der Waals surface area (Å²) < 4.78 is 13.9. The third kappa shape index (κ3) is 2.47. The van der Waals surface area contributed by atoms with Crippen molar-refractivity contribution in [2.45, 2.75) is 19.9 Å². The molecule has 1 aliphatic heterocycles. The topological polar surface area (TPSA) is 62.3 Å². The van der Waals surface area contributed by atoms with Gasteiger partial charge in [-0.15, -0.1) is 0 Å². The average Bonchev–Trinajstić information content (AvgIpc) is 2.64. The van der Waals surface area contributed by atoms with Gasteiger partial charge in [0.25, 0.3) is 0 Å². The Labute approximate surface area is 125 Å². The van der Waals surface area contributed by atoms with E-state index in [0.29, 0.717) is 25.6 Å². The Morgan fingerprint density at radius 3 is 2.75 bits per heavy atom. The Kier molecular flexibility index (Phi) is 3.56. The number of rotatable bonds is 2. The largest absolute Gasteiger partial charge is 0.490 e. The first-order chi connectivity index (χ1) is 9.65. The number of nitrogen functional groups attached to an aromatic ring is 1. The van der Waals surface area contributed by atoms with Gasteiger partial charge >= 0.3 is 0 Å². The highest BCUT2D eigenvalue weighted by Gasteiger charge is 2.13. The maximum absolute atomic E-state index is 6.01. The normalized spacial score (nSPS) is 14.1. The molecule has 0 atom stereocenters. The van der Waals surface area contributed by atoms with Crippen molar-refractivity contribution >= 4 is 21.7 Å². The lowest BCUT2D eigenvalue weighted by molar-refractivity contribution is 0.297. The predicted octanol–water partition coefficient (Wildman–Crippen LogP) is 2.75. The third-order valence-corrected chi connectivity index (χ3v) is 4.22. The van der Waals surface area contributed by atoms with Gasteiger partial charge in [-0.05, 0) is 40.5 Å². The van der Waals surface area contributed by atoms with Crippen LogP contribution in [0.4, 0.5) is 5.82 Å². The molecule has 1 aromatic heterocycles. The van der Waals surface area contributed by atoms with E-state index < -0.39 is 0 Å². The first-order valence-electron chi connectivity index (χ1n) is 6.52. The molecule has 0 bridgehead atoms. The summed E-state index contributed by atoms with van der Waals surface area (Å²) in [6, 6.07) is 5.94. The number of nitrogens with zero attached hydrogens (tertiary/aromatic N) is 2. The molecular weight excluding hydrogens is 322 g/mol. The molecule has 1 aromatic carbocycles. The first-order valence-corrected chi connectivity index (χ1v) is 7.31. The van der Waals surface area contributed by atoms with Gasteiger partial charge in [0, 0.05) is 6.42 Å². The molecule has 0 unspecified atom stereocenters. The van der Waals surface area contributed by atoms with Crippen molar-refractivity contribution in [3.63, 3.8) is 0 Å². The van der Waals surface area contributed by atoms with E-state index in [9.17, 15) is 0 Å². The zero-order chi connectivity index (χ0) is 14.1. The summed E-state index contributed by atoms with van der Waals surface area (Å²) in [4.78, 5) is 0. The second-order valence-electron chi connectivity index (χ2n) is 4.77. The average molecular weight is 338 g/mol. The molecule has 106 valence electrons. The van der Waals surface area contributed by atoms with Crippen LogP contribution < -0.4 is 15.2 Å². The van der Waals surface area contributed by atoms with E-state index in [4.69, 9.17) is 15.2 Å². The second kappa shape index (κ2) is 5.36. The lowest BCUT2D eigenvalue weighted by Crippen LogP contribution is -2.06. The van der Waals surface area contributed by atoms with E-state index in [1.807, 2.05) is 25.1 Å². The smallest absolute Gasteiger partial charge is 0.161 e. The number of hydrogen-bond acceptors (Lipinski definition) is 4. The highest BCUT2D eigenvalue weighted by molar-refractivity contribution is 9.10. The molecule has 5 nitrogen and oxygen atoms in total. The molecule has 0 fully saturated rings. The van der Waals surface area contributed by atoms with Crippen LogP contribution >= 0.6 is 15.9 Å². The quantitative estimate of drug-likeness (QED) is 0.915. The van der Waals surface area contributed by atoms with E-state index in [2.05, 4.69) is 21.0 Å². The van der Waals surface area contributed by atoms with Gasteiger partial charge in [-0.25, -0.2) is 4.68 Å². The SMILES string of the molecule is Cc1nn(Cc2ccc3c(c2)OCCCO3)c(N)c1Br. The van der Waals surface area contributed by atoms with E-state index >= 15 is 0 Å². The summed E-state index contributed by atoms with van der Waals surface area (Å²) in [5, 5.41) is 4.41. The predicted molar refractivity (Wildman–Crippen MR) is 80.2 cm³/mol. The molecule has 2 N–H and O–H groups in total. The molecule has 20 heavy (non-hydrogen) atoms. The molecule has 6 heteroatoms. The monoisotopic (exact) mass is 337 g/mol. The fourth-order valence-corrected chi connectivity index (χ4v) is 2.46. The molecule has 0 saturated carbocycles. The lowest BCUT2D eigenvalue weighted by atomic mass is 10.2. The molecule has 2 aromatic rings. The zero-order valence-corrected chi connectivity index (χ0v) is 12.8. The minimum absolute atomic E-state index is 0.606. The highest BCUT2D eigenvalue weighted by atomic mass is 79.9. The molecule has 0 radical (unpaired) electrons. The van der Waals surface area contributed by atoms with Gasteiger partial charge in [0.1, 0.15) is 5.82 Å². The number of halogens is 1. The Bertz CT molecular complexity index is 640. The van der Waals surface area contributed by atoms with Crippen LogP contribution in [0.25, 0.3) is 0 Å². The Balaban J connectivity index is 1.87. The van der Waals surface area contributed by atoms with Crippen molar-refractivity contribution < 1.29 is 9.47 Å². The molecule has 1 aliphatic rings. The van der Waals surface area contributed by atoms with Gasteiger partial charge < -0.3 is 15.2 Å². The Morgan fingerprint density at radius 1 is 1.30 bits per heavy atom. The number of aromatic nitrogens is 2. The summed E-state index contributed by atoms with van der Waals surface area (Å²) in [6.07, 6.45) is 0.905. The Morgan fingerprint density at radius 2 is 2.05 bits per heavy atom. The van der Waals surface area contributed by atoms with Crippen LogP contribution in [0, 0.1) is 6.92 Å². The van der Waals surface area contributed by atoms with Gasteiger partial charge in [0.2, 0.25) is 0 Å². The molecule has 0 aliphatic carbocycles. The van der Waals surface area contributed by atoms with Crippen molar-refractivity contribution in [2.24, 2.45) is 0 Å². The molecule has 2 heterocycles. The zero-order valence-electron chi connectivity index (χ0n) is 11.2. The number of ether oxygens (including phenoxy) is 2. The van der Waals surface area contributed by atoms with Crippen LogP contribution in [0.5, 0.6) is 11.5 Å². The fourth-order valence-electron chi connectivity index (χ4n) is 2.18. The van der Waals surface area contributed by atoms with Crippen molar-refractivity contribution in [1.29, 1.82) is 0 Å². The molecular formula is C14H16BrN3O2. The van der Waals surface area contributed by atoms with Crippen LogP contribution in [0.3, 0.4) is 0 Å². The van der Waals surface area contributed by atoms with Crippen LogP contribution in [0.15, 0.2) is 22.7 Å². The second-order valence-corrected chi connectivity index (χ2v) is 5.57. The molecule has 0 saturated heterocycles. The van der Waals surface area contributed by atoms with E-state index in [1.54, 1.807) is 4.68 Å².